The van der Waals surface area contributed by atoms with E-state index < -0.39 is 0 Å². The Balaban J connectivity index is 2.49. The molecule has 1 heterocycles. The number of nitrogens with one attached hydrogen (secondary N) is 1. The van der Waals surface area contributed by atoms with Gasteiger partial charge >= 0.3 is 0 Å². The Morgan fingerprint density at radius 1 is 1.78 bits per heavy atom. The van der Waals surface area contributed by atoms with E-state index in [2.05, 4.69) is 11.2 Å². The fourth-order valence-electron chi connectivity index (χ4n) is 0.819. The van der Waals surface area contributed by atoms with Crippen LogP contribution in [0.25, 0.3) is 0 Å². The van der Waals surface area contributed by atoms with Gasteiger partial charge in [-0.05, 0) is 6.92 Å². The summed E-state index contributed by atoms with van der Waals surface area (Å²) in [7, 11) is 0. The van der Waals surface area contributed by atoms with E-state index >= 15 is 0 Å². The van der Waals surface area contributed by atoms with Crippen LogP contribution < -0.4 is 5.32 Å². The molecule has 0 radical (unpaired) electrons. The average Bonchev–Trinajstić information content (AvgIpc) is 1.90. The highest BCUT2D eigenvalue weighted by Crippen LogP contribution is 2.05. The first-order valence-corrected chi connectivity index (χ1v) is 3.07. The fourth-order valence-corrected chi connectivity index (χ4v) is 0.819. The number of ether oxygens (including phenoxy) is 1. The van der Waals surface area contributed by atoms with Crippen molar-refractivity contribution in [2.24, 2.45) is 0 Å². The zero-order valence-corrected chi connectivity index (χ0v) is 5.61. The van der Waals surface area contributed by atoms with Crippen LogP contribution >= 0.6 is 0 Å². The fraction of sp³-hybridized carbons (Fsp3) is 0.714. The maximum atomic E-state index is 5.24. The molecule has 2 heteroatoms. The van der Waals surface area contributed by atoms with Crippen LogP contribution in [0.2, 0.25) is 0 Å². The second kappa shape index (κ2) is 2.38. The first kappa shape index (κ1) is 6.60. The maximum absolute atomic E-state index is 5.24. The summed E-state index contributed by atoms with van der Waals surface area (Å²) in [6.45, 7) is 4.23. The summed E-state index contributed by atoms with van der Waals surface area (Å²) < 4.78 is 5.17. The van der Waals surface area contributed by atoms with Crippen molar-refractivity contribution in [3.63, 3.8) is 0 Å². The van der Waals surface area contributed by atoms with Gasteiger partial charge in [0.25, 0.3) is 0 Å². The Bertz CT molecular complexity index is 130. The topological polar surface area (TPSA) is 21.3 Å². The Morgan fingerprint density at radius 3 is 2.89 bits per heavy atom. The molecule has 2 nitrogen and oxygen atoms in total. The van der Waals surface area contributed by atoms with Gasteiger partial charge in [-0.3, -0.25) is 5.32 Å². The van der Waals surface area contributed by atoms with Crippen molar-refractivity contribution in [3.05, 3.63) is 0 Å². The SMILES string of the molecule is C#CC1(C)COCCN1. The van der Waals surface area contributed by atoms with Crippen LogP contribution in [0.4, 0.5) is 0 Å². The molecule has 0 spiro atoms. The van der Waals surface area contributed by atoms with E-state index in [9.17, 15) is 0 Å². The van der Waals surface area contributed by atoms with E-state index in [-0.39, 0.29) is 5.54 Å². The van der Waals surface area contributed by atoms with Crippen LogP contribution in [0.5, 0.6) is 0 Å². The third kappa shape index (κ3) is 1.44. The lowest BCUT2D eigenvalue weighted by Gasteiger charge is -2.29. The third-order valence-electron chi connectivity index (χ3n) is 1.47. The number of hydrogen-bond donors (Lipinski definition) is 1. The molecule has 50 valence electrons. The molecule has 1 fully saturated rings. The second-order valence-corrected chi connectivity index (χ2v) is 2.46. The van der Waals surface area contributed by atoms with Crippen molar-refractivity contribution in [2.45, 2.75) is 12.5 Å². The van der Waals surface area contributed by atoms with Gasteiger partial charge < -0.3 is 4.74 Å². The van der Waals surface area contributed by atoms with Gasteiger partial charge in [0.2, 0.25) is 0 Å². The molecule has 0 bridgehead atoms. The molecule has 1 aliphatic heterocycles. The van der Waals surface area contributed by atoms with Gasteiger partial charge in [-0.15, -0.1) is 6.42 Å². The molecule has 0 aromatic heterocycles. The minimum Gasteiger partial charge on any atom is -0.377 e. The quantitative estimate of drug-likeness (QED) is 0.460. The zero-order chi connectivity index (χ0) is 6.74. The molecular formula is C7H11NO. The Hall–Kier alpha value is -0.520. The number of hydrogen-bond acceptors (Lipinski definition) is 2. The lowest BCUT2D eigenvalue weighted by Crippen LogP contribution is -2.50. The molecule has 1 atom stereocenters. The summed E-state index contributed by atoms with van der Waals surface area (Å²) in [5.41, 5.74) is -0.224. The van der Waals surface area contributed by atoms with Gasteiger partial charge in [0.05, 0.1) is 13.2 Å². The molecule has 0 saturated carbocycles. The van der Waals surface area contributed by atoms with E-state index in [4.69, 9.17) is 11.2 Å². The predicted molar refractivity (Wildman–Crippen MR) is 36.1 cm³/mol. The predicted octanol–water partition coefficient (Wildman–Crippen LogP) is -0.00190. The lowest BCUT2D eigenvalue weighted by atomic mass is 10.0. The summed E-state index contributed by atoms with van der Waals surface area (Å²) >= 11 is 0. The normalized spacial score (nSPS) is 35.6. The maximum Gasteiger partial charge on any atom is 0.101 e. The zero-order valence-electron chi connectivity index (χ0n) is 5.61. The molecule has 0 amide bonds. The lowest BCUT2D eigenvalue weighted by molar-refractivity contribution is 0.0590. The average molecular weight is 125 g/mol. The van der Waals surface area contributed by atoms with Gasteiger partial charge in [-0.1, -0.05) is 5.92 Å². The van der Waals surface area contributed by atoms with Crippen LogP contribution in [0, 0.1) is 12.3 Å². The molecule has 1 saturated heterocycles. The summed E-state index contributed by atoms with van der Waals surface area (Å²) in [6.07, 6.45) is 5.24. The van der Waals surface area contributed by atoms with Gasteiger partial charge in [-0.25, -0.2) is 0 Å². The molecule has 1 unspecified atom stereocenters. The van der Waals surface area contributed by atoms with E-state index in [1.54, 1.807) is 0 Å². The van der Waals surface area contributed by atoms with Gasteiger partial charge in [0.15, 0.2) is 0 Å². The Kier molecular flexibility index (Phi) is 1.75. The van der Waals surface area contributed by atoms with E-state index in [0.29, 0.717) is 6.61 Å². The van der Waals surface area contributed by atoms with E-state index in [1.165, 1.54) is 0 Å². The van der Waals surface area contributed by atoms with Crippen molar-refractivity contribution < 1.29 is 4.74 Å². The Morgan fingerprint density at radius 2 is 2.56 bits per heavy atom. The highest BCUT2D eigenvalue weighted by atomic mass is 16.5. The van der Waals surface area contributed by atoms with Gasteiger partial charge in [0.1, 0.15) is 5.54 Å². The van der Waals surface area contributed by atoms with Crippen molar-refractivity contribution in [1.82, 2.24) is 5.32 Å². The summed E-state index contributed by atoms with van der Waals surface area (Å²) in [5, 5.41) is 3.18. The second-order valence-electron chi connectivity index (χ2n) is 2.46. The van der Waals surface area contributed by atoms with E-state index in [0.717, 1.165) is 13.2 Å². The first-order valence-electron chi connectivity index (χ1n) is 3.07. The molecule has 0 aliphatic carbocycles. The minimum atomic E-state index is -0.224. The standard InChI is InChI=1S/C7H11NO/c1-3-7(2)6-9-5-4-8-7/h1,8H,4-6H2,2H3. The van der Waals surface area contributed by atoms with Crippen molar-refractivity contribution >= 4 is 0 Å². The number of rotatable bonds is 0. The van der Waals surface area contributed by atoms with E-state index in [1.807, 2.05) is 6.92 Å². The molecule has 1 rings (SSSR count). The molecule has 1 N–H and O–H groups in total. The van der Waals surface area contributed by atoms with Crippen molar-refractivity contribution in [2.75, 3.05) is 19.8 Å². The van der Waals surface area contributed by atoms with Gasteiger partial charge in [0, 0.05) is 6.54 Å². The molecule has 1 aliphatic rings. The smallest absolute Gasteiger partial charge is 0.101 e. The Labute approximate surface area is 55.6 Å². The first-order chi connectivity index (χ1) is 4.27. The van der Waals surface area contributed by atoms with Crippen LogP contribution in [0.15, 0.2) is 0 Å². The van der Waals surface area contributed by atoms with Crippen LogP contribution in [0.3, 0.4) is 0 Å². The van der Waals surface area contributed by atoms with Crippen molar-refractivity contribution in [3.8, 4) is 12.3 Å². The van der Waals surface area contributed by atoms with Gasteiger partial charge in [-0.2, -0.15) is 0 Å². The number of morpholine rings is 1. The molecule has 9 heavy (non-hydrogen) atoms. The minimum absolute atomic E-state index is 0.224. The third-order valence-corrected chi connectivity index (χ3v) is 1.47. The highest BCUT2D eigenvalue weighted by Gasteiger charge is 2.23. The van der Waals surface area contributed by atoms with Crippen molar-refractivity contribution in [1.29, 1.82) is 0 Å². The van der Waals surface area contributed by atoms with Crippen LogP contribution in [0.1, 0.15) is 6.92 Å². The summed E-state index contributed by atoms with van der Waals surface area (Å²) in [4.78, 5) is 0. The van der Waals surface area contributed by atoms with Crippen LogP contribution in [-0.4, -0.2) is 25.3 Å². The largest absolute Gasteiger partial charge is 0.377 e. The monoisotopic (exact) mass is 125 g/mol. The van der Waals surface area contributed by atoms with Crippen LogP contribution in [-0.2, 0) is 4.74 Å². The number of terminal acetylenes is 1. The highest BCUT2D eigenvalue weighted by molar-refractivity contribution is 5.11. The molecule has 0 aromatic rings. The summed E-state index contributed by atoms with van der Waals surface area (Å²) in [5.74, 6) is 2.64. The molecular weight excluding hydrogens is 114 g/mol. The summed E-state index contributed by atoms with van der Waals surface area (Å²) in [6, 6.07) is 0. The molecule has 0 aromatic carbocycles.